The summed E-state index contributed by atoms with van der Waals surface area (Å²) >= 11 is 0. The maximum absolute atomic E-state index is 5.89. The molecule has 2 heterocycles. The van der Waals surface area contributed by atoms with Gasteiger partial charge in [0, 0.05) is 31.1 Å². The van der Waals surface area contributed by atoms with E-state index in [1.807, 2.05) is 13.8 Å². The number of aromatic nitrogens is 2. The predicted molar refractivity (Wildman–Crippen MR) is 72.6 cm³/mol. The molecule has 5 nitrogen and oxygen atoms in total. The van der Waals surface area contributed by atoms with Crippen LogP contribution < -0.4 is 11.1 Å². The summed E-state index contributed by atoms with van der Waals surface area (Å²) in [6, 6.07) is 0. The number of nitrogens with two attached hydrogens (primary N) is 1. The molecule has 2 rings (SSSR count). The summed E-state index contributed by atoms with van der Waals surface area (Å²) in [7, 11) is 0. The predicted octanol–water partition coefficient (Wildman–Crippen LogP) is 1.77. The van der Waals surface area contributed by atoms with Gasteiger partial charge in [-0.3, -0.25) is 0 Å². The zero-order valence-corrected chi connectivity index (χ0v) is 11.4. The van der Waals surface area contributed by atoms with Crippen LogP contribution in [0.3, 0.4) is 0 Å². The summed E-state index contributed by atoms with van der Waals surface area (Å²) in [5, 5.41) is 3.39. The molecule has 0 bridgehead atoms. The zero-order valence-electron chi connectivity index (χ0n) is 11.4. The molecule has 18 heavy (non-hydrogen) atoms. The lowest BCUT2D eigenvalue weighted by molar-refractivity contribution is 0.108. The van der Waals surface area contributed by atoms with Crippen molar-refractivity contribution < 1.29 is 4.74 Å². The second-order valence-corrected chi connectivity index (χ2v) is 4.86. The van der Waals surface area contributed by atoms with Crippen LogP contribution in [0, 0.1) is 12.8 Å². The standard InChI is InChI=1S/C13H22N4O/c1-4-11-16-12(14)8(2)13(17-11)15-7-10-5-6-18-9(10)3/h9-10H,4-7H2,1-3H3,(H3,14,15,16,17). The number of anilines is 2. The number of aryl methyl sites for hydroxylation is 1. The van der Waals surface area contributed by atoms with Crippen LogP contribution in [0.5, 0.6) is 0 Å². The molecule has 1 aromatic heterocycles. The molecule has 2 unspecified atom stereocenters. The van der Waals surface area contributed by atoms with Gasteiger partial charge in [-0.1, -0.05) is 6.92 Å². The molecule has 0 aromatic carbocycles. The van der Waals surface area contributed by atoms with Crippen molar-refractivity contribution in [3.63, 3.8) is 0 Å². The van der Waals surface area contributed by atoms with Gasteiger partial charge in [-0.05, 0) is 20.3 Å². The van der Waals surface area contributed by atoms with Gasteiger partial charge in [-0.15, -0.1) is 0 Å². The Hall–Kier alpha value is -1.36. The fourth-order valence-corrected chi connectivity index (χ4v) is 2.18. The van der Waals surface area contributed by atoms with E-state index >= 15 is 0 Å². The number of nitrogens with one attached hydrogen (secondary N) is 1. The van der Waals surface area contributed by atoms with E-state index in [1.165, 1.54) is 0 Å². The highest BCUT2D eigenvalue weighted by Gasteiger charge is 2.24. The Kier molecular flexibility index (Phi) is 4.01. The summed E-state index contributed by atoms with van der Waals surface area (Å²) in [4.78, 5) is 8.74. The summed E-state index contributed by atoms with van der Waals surface area (Å²) in [6.07, 6.45) is 2.22. The van der Waals surface area contributed by atoms with Gasteiger partial charge >= 0.3 is 0 Å². The number of hydrogen-bond donors (Lipinski definition) is 2. The lowest BCUT2D eigenvalue weighted by atomic mass is 10.0. The molecule has 5 heteroatoms. The molecule has 0 aliphatic carbocycles. The highest BCUT2D eigenvalue weighted by atomic mass is 16.5. The molecule has 0 radical (unpaired) electrons. The first-order chi connectivity index (χ1) is 8.61. The van der Waals surface area contributed by atoms with Gasteiger partial charge in [-0.25, -0.2) is 9.97 Å². The van der Waals surface area contributed by atoms with Crippen LogP contribution in [-0.2, 0) is 11.2 Å². The number of ether oxygens (including phenoxy) is 1. The normalized spacial score (nSPS) is 23.3. The van der Waals surface area contributed by atoms with E-state index in [4.69, 9.17) is 10.5 Å². The number of nitrogen functional groups attached to an aromatic ring is 1. The average molecular weight is 250 g/mol. The Morgan fingerprint density at radius 3 is 2.83 bits per heavy atom. The van der Waals surface area contributed by atoms with Crippen molar-refractivity contribution >= 4 is 11.6 Å². The minimum atomic E-state index is 0.322. The SMILES string of the molecule is CCc1nc(N)c(C)c(NCC2CCOC2C)n1. The molecule has 1 aromatic rings. The highest BCUT2D eigenvalue weighted by molar-refractivity contribution is 5.54. The number of hydrogen-bond acceptors (Lipinski definition) is 5. The fourth-order valence-electron chi connectivity index (χ4n) is 2.18. The summed E-state index contributed by atoms with van der Waals surface area (Å²) in [5.74, 6) is 2.76. The van der Waals surface area contributed by atoms with Gasteiger partial charge < -0.3 is 15.8 Å². The van der Waals surface area contributed by atoms with E-state index in [1.54, 1.807) is 0 Å². The third kappa shape index (κ3) is 2.72. The maximum Gasteiger partial charge on any atom is 0.134 e. The third-order valence-corrected chi connectivity index (χ3v) is 3.61. The van der Waals surface area contributed by atoms with Gasteiger partial charge in [0.25, 0.3) is 0 Å². The van der Waals surface area contributed by atoms with Crippen molar-refractivity contribution in [1.82, 2.24) is 9.97 Å². The van der Waals surface area contributed by atoms with Crippen LogP contribution in [0.4, 0.5) is 11.6 Å². The lowest BCUT2D eigenvalue weighted by Gasteiger charge is -2.17. The second kappa shape index (κ2) is 5.52. The van der Waals surface area contributed by atoms with Gasteiger partial charge in [0.1, 0.15) is 17.5 Å². The Bertz CT molecular complexity index is 422. The minimum absolute atomic E-state index is 0.322. The van der Waals surface area contributed by atoms with Crippen molar-refractivity contribution in [2.24, 2.45) is 5.92 Å². The summed E-state index contributed by atoms with van der Waals surface area (Å²) in [5.41, 5.74) is 6.82. The van der Waals surface area contributed by atoms with Crippen molar-refractivity contribution in [3.8, 4) is 0 Å². The molecule has 3 N–H and O–H groups in total. The molecule has 2 atom stereocenters. The minimum Gasteiger partial charge on any atom is -0.383 e. The first-order valence-electron chi connectivity index (χ1n) is 6.60. The summed E-state index contributed by atoms with van der Waals surface area (Å²) < 4.78 is 5.56. The van der Waals surface area contributed by atoms with E-state index in [9.17, 15) is 0 Å². The van der Waals surface area contributed by atoms with Crippen LogP contribution >= 0.6 is 0 Å². The molecular formula is C13H22N4O. The molecule has 1 saturated heterocycles. The molecule has 1 aliphatic heterocycles. The van der Waals surface area contributed by atoms with E-state index in [2.05, 4.69) is 22.2 Å². The molecule has 1 fully saturated rings. The van der Waals surface area contributed by atoms with Gasteiger partial charge in [-0.2, -0.15) is 0 Å². The second-order valence-electron chi connectivity index (χ2n) is 4.86. The Morgan fingerprint density at radius 2 is 2.22 bits per heavy atom. The van der Waals surface area contributed by atoms with Crippen LogP contribution in [0.15, 0.2) is 0 Å². The summed E-state index contributed by atoms with van der Waals surface area (Å²) in [6.45, 7) is 7.84. The van der Waals surface area contributed by atoms with Crippen molar-refractivity contribution in [2.45, 2.75) is 39.7 Å². The molecule has 0 saturated carbocycles. The first kappa shape index (κ1) is 13.1. The quantitative estimate of drug-likeness (QED) is 0.852. The van der Waals surface area contributed by atoms with Gasteiger partial charge in [0.2, 0.25) is 0 Å². The average Bonchev–Trinajstić information content (AvgIpc) is 2.76. The fraction of sp³-hybridized carbons (Fsp3) is 0.692. The van der Waals surface area contributed by atoms with Crippen molar-refractivity contribution in [1.29, 1.82) is 0 Å². The van der Waals surface area contributed by atoms with Crippen LogP contribution in [-0.4, -0.2) is 29.2 Å². The molecule has 100 valence electrons. The monoisotopic (exact) mass is 250 g/mol. The zero-order chi connectivity index (χ0) is 13.1. The highest BCUT2D eigenvalue weighted by Crippen LogP contribution is 2.22. The maximum atomic E-state index is 5.89. The van der Waals surface area contributed by atoms with E-state index in [0.29, 0.717) is 17.8 Å². The molecule has 1 aliphatic rings. The van der Waals surface area contributed by atoms with E-state index in [0.717, 1.165) is 43.2 Å². The molecular weight excluding hydrogens is 228 g/mol. The van der Waals surface area contributed by atoms with Crippen molar-refractivity contribution in [2.75, 3.05) is 24.2 Å². The van der Waals surface area contributed by atoms with Gasteiger partial charge in [0.15, 0.2) is 0 Å². The third-order valence-electron chi connectivity index (χ3n) is 3.61. The first-order valence-corrected chi connectivity index (χ1v) is 6.60. The van der Waals surface area contributed by atoms with Crippen LogP contribution in [0.2, 0.25) is 0 Å². The van der Waals surface area contributed by atoms with E-state index in [-0.39, 0.29) is 0 Å². The topological polar surface area (TPSA) is 73.1 Å². The van der Waals surface area contributed by atoms with E-state index < -0.39 is 0 Å². The Balaban J connectivity index is 2.06. The number of nitrogens with zero attached hydrogens (tertiary/aromatic N) is 2. The Morgan fingerprint density at radius 1 is 1.44 bits per heavy atom. The Labute approximate surface area is 108 Å². The molecule has 0 amide bonds. The van der Waals surface area contributed by atoms with Crippen LogP contribution in [0.1, 0.15) is 31.7 Å². The van der Waals surface area contributed by atoms with Crippen LogP contribution in [0.25, 0.3) is 0 Å². The number of rotatable bonds is 4. The van der Waals surface area contributed by atoms with Crippen molar-refractivity contribution in [3.05, 3.63) is 11.4 Å². The van der Waals surface area contributed by atoms with Gasteiger partial charge in [0.05, 0.1) is 6.10 Å². The molecule has 0 spiro atoms. The smallest absolute Gasteiger partial charge is 0.134 e. The largest absolute Gasteiger partial charge is 0.383 e. The lowest BCUT2D eigenvalue weighted by Crippen LogP contribution is -2.22.